The lowest BCUT2D eigenvalue weighted by Crippen LogP contribution is -2.30. The van der Waals surface area contributed by atoms with Gasteiger partial charge in [0.2, 0.25) is 0 Å². The molecule has 0 bridgehead atoms. The van der Waals surface area contributed by atoms with Crippen LogP contribution < -0.4 is 14.8 Å². The van der Waals surface area contributed by atoms with Crippen molar-refractivity contribution in [3.05, 3.63) is 90.0 Å². The van der Waals surface area contributed by atoms with E-state index in [-0.39, 0.29) is 5.91 Å². The average molecular weight is 404 g/mol. The van der Waals surface area contributed by atoms with Crippen molar-refractivity contribution in [1.29, 1.82) is 0 Å². The van der Waals surface area contributed by atoms with Gasteiger partial charge in [0.15, 0.2) is 6.10 Å². The Balaban J connectivity index is 1.41. The van der Waals surface area contributed by atoms with E-state index in [4.69, 9.17) is 9.47 Å². The zero-order chi connectivity index (χ0) is 21.2. The molecule has 0 aliphatic rings. The van der Waals surface area contributed by atoms with Crippen LogP contribution in [0.25, 0.3) is 0 Å². The predicted molar refractivity (Wildman–Crippen MR) is 121 cm³/mol. The van der Waals surface area contributed by atoms with Crippen molar-refractivity contribution in [2.75, 3.05) is 11.9 Å². The molecular formula is C26H29NO3. The zero-order valence-corrected chi connectivity index (χ0v) is 17.6. The first-order valence-electron chi connectivity index (χ1n) is 10.5. The number of hydrogen-bond acceptors (Lipinski definition) is 3. The highest BCUT2D eigenvalue weighted by Gasteiger charge is 2.15. The number of amides is 1. The number of rotatable bonds is 10. The highest BCUT2D eigenvalue weighted by atomic mass is 16.5. The van der Waals surface area contributed by atoms with Crippen LogP contribution >= 0.6 is 0 Å². The van der Waals surface area contributed by atoms with Crippen molar-refractivity contribution in [2.45, 2.75) is 39.2 Å². The maximum Gasteiger partial charge on any atom is 0.265 e. The van der Waals surface area contributed by atoms with E-state index in [9.17, 15) is 4.79 Å². The third-order valence-electron chi connectivity index (χ3n) is 4.86. The van der Waals surface area contributed by atoms with Gasteiger partial charge in [0.25, 0.3) is 5.91 Å². The number of hydrogen-bond donors (Lipinski definition) is 1. The van der Waals surface area contributed by atoms with Crippen LogP contribution in [-0.2, 0) is 17.6 Å². The molecule has 1 unspecified atom stereocenters. The Hall–Kier alpha value is -3.27. The van der Waals surface area contributed by atoms with Gasteiger partial charge in [-0.1, -0.05) is 49.4 Å². The lowest BCUT2D eigenvalue weighted by Gasteiger charge is -2.15. The first-order chi connectivity index (χ1) is 14.6. The second-order valence-corrected chi connectivity index (χ2v) is 7.21. The lowest BCUT2D eigenvalue weighted by atomic mass is 10.1. The van der Waals surface area contributed by atoms with Crippen molar-refractivity contribution < 1.29 is 14.3 Å². The van der Waals surface area contributed by atoms with Gasteiger partial charge >= 0.3 is 0 Å². The molecule has 0 fully saturated rings. The van der Waals surface area contributed by atoms with Crippen molar-refractivity contribution in [3.8, 4) is 11.5 Å². The minimum atomic E-state index is -0.591. The SMILES string of the molecule is CCc1ccc(OC(C)C(=O)Nc2ccc(OCCCc3ccccc3)cc2)cc1. The molecule has 30 heavy (non-hydrogen) atoms. The molecule has 3 aromatic carbocycles. The van der Waals surface area contributed by atoms with Gasteiger partial charge in [0, 0.05) is 5.69 Å². The van der Waals surface area contributed by atoms with Gasteiger partial charge in [-0.3, -0.25) is 4.79 Å². The summed E-state index contributed by atoms with van der Waals surface area (Å²) < 4.78 is 11.5. The van der Waals surface area contributed by atoms with Crippen molar-refractivity contribution in [2.24, 2.45) is 0 Å². The van der Waals surface area contributed by atoms with Gasteiger partial charge in [-0.15, -0.1) is 0 Å². The number of anilines is 1. The van der Waals surface area contributed by atoms with Crippen LogP contribution in [0.3, 0.4) is 0 Å². The topological polar surface area (TPSA) is 47.6 Å². The monoisotopic (exact) mass is 403 g/mol. The summed E-state index contributed by atoms with van der Waals surface area (Å²) in [6, 6.07) is 25.6. The standard InChI is InChI=1S/C26H29NO3/c1-3-21-11-15-25(16-12-21)30-20(2)26(28)27-23-13-17-24(18-14-23)29-19-7-10-22-8-5-4-6-9-22/h4-6,8-9,11-18,20H,3,7,10,19H2,1-2H3,(H,27,28). The summed E-state index contributed by atoms with van der Waals surface area (Å²) in [7, 11) is 0. The summed E-state index contributed by atoms with van der Waals surface area (Å²) in [5, 5.41) is 2.88. The Bertz CT molecular complexity index is 905. The smallest absolute Gasteiger partial charge is 0.265 e. The molecule has 1 atom stereocenters. The molecule has 0 saturated heterocycles. The molecule has 4 heteroatoms. The summed E-state index contributed by atoms with van der Waals surface area (Å²) in [5.41, 5.74) is 3.27. The van der Waals surface area contributed by atoms with Gasteiger partial charge in [-0.2, -0.15) is 0 Å². The van der Waals surface area contributed by atoms with Crippen molar-refractivity contribution >= 4 is 11.6 Å². The third kappa shape index (κ3) is 6.66. The average Bonchev–Trinajstić information content (AvgIpc) is 2.79. The number of aryl methyl sites for hydroxylation is 2. The maximum atomic E-state index is 12.4. The molecule has 156 valence electrons. The molecule has 4 nitrogen and oxygen atoms in total. The summed E-state index contributed by atoms with van der Waals surface area (Å²) >= 11 is 0. The van der Waals surface area contributed by atoms with Crippen LogP contribution in [0.5, 0.6) is 11.5 Å². The van der Waals surface area contributed by atoms with E-state index in [1.54, 1.807) is 6.92 Å². The molecule has 0 aromatic heterocycles. The van der Waals surface area contributed by atoms with Gasteiger partial charge in [-0.25, -0.2) is 0 Å². The first kappa shape index (κ1) is 21.4. The molecule has 0 heterocycles. The van der Waals surface area contributed by atoms with Gasteiger partial charge in [-0.05, 0) is 73.7 Å². The van der Waals surface area contributed by atoms with Crippen LogP contribution in [0.1, 0.15) is 31.4 Å². The number of carbonyl (C=O) groups excluding carboxylic acids is 1. The molecule has 1 N–H and O–H groups in total. The van der Waals surface area contributed by atoms with E-state index < -0.39 is 6.10 Å². The Kier molecular flexibility index (Phi) is 7.90. The molecule has 0 aliphatic carbocycles. The molecule has 0 radical (unpaired) electrons. The van der Waals surface area contributed by atoms with E-state index in [2.05, 4.69) is 36.5 Å². The highest BCUT2D eigenvalue weighted by molar-refractivity contribution is 5.94. The van der Waals surface area contributed by atoms with Crippen molar-refractivity contribution in [3.63, 3.8) is 0 Å². The summed E-state index contributed by atoms with van der Waals surface area (Å²) in [4.78, 5) is 12.4. The number of carbonyl (C=O) groups is 1. The molecule has 0 spiro atoms. The van der Waals surface area contributed by atoms with Gasteiger partial charge in [0.05, 0.1) is 6.61 Å². The molecular weight excluding hydrogens is 374 g/mol. The highest BCUT2D eigenvalue weighted by Crippen LogP contribution is 2.18. The number of benzene rings is 3. The fourth-order valence-electron chi connectivity index (χ4n) is 3.05. The number of nitrogens with one attached hydrogen (secondary N) is 1. The molecule has 3 aromatic rings. The first-order valence-corrected chi connectivity index (χ1v) is 10.5. The lowest BCUT2D eigenvalue weighted by molar-refractivity contribution is -0.122. The van der Waals surface area contributed by atoms with Crippen molar-refractivity contribution in [1.82, 2.24) is 0 Å². The maximum absolute atomic E-state index is 12.4. The fraction of sp³-hybridized carbons (Fsp3) is 0.269. The zero-order valence-electron chi connectivity index (χ0n) is 17.6. The summed E-state index contributed by atoms with van der Waals surface area (Å²) in [6.07, 6.45) is 2.33. The van der Waals surface area contributed by atoms with Crippen LogP contribution in [0.4, 0.5) is 5.69 Å². The van der Waals surface area contributed by atoms with E-state index in [0.29, 0.717) is 18.0 Å². The molecule has 1 amide bonds. The summed E-state index contributed by atoms with van der Waals surface area (Å²) in [5.74, 6) is 1.29. The van der Waals surface area contributed by atoms with Crippen LogP contribution in [-0.4, -0.2) is 18.6 Å². The number of ether oxygens (including phenoxy) is 2. The molecule has 3 rings (SSSR count). The molecule has 0 saturated carbocycles. The van der Waals surface area contributed by atoms with Gasteiger partial charge < -0.3 is 14.8 Å². The minimum Gasteiger partial charge on any atom is -0.494 e. The van der Waals surface area contributed by atoms with E-state index in [1.165, 1.54) is 11.1 Å². The normalized spacial score (nSPS) is 11.5. The second kappa shape index (κ2) is 11.1. The Labute approximate surface area is 178 Å². The van der Waals surface area contributed by atoms with Crippen LogP contribution in [0.2, 0.25) is 0 Å². The third-order valence-corrected chi connectivity index (χ3v) is 4.86. The minimum absolute atomic E-state index is 0.189. The van der Waals surface area contributed by atoms with E-state index in [1.807, 2.05) is 54.6 Å². The summed E-state index contributed by atoms with van der Waals surface area (Å²) in [6.45, 7) is 4.50. The fourth-order valence-corrected chi connectivity index (χ4v) is 3.05. The Morgan fingerprint density at radius 1 is 0.867 bits per heavy atom. The van der Waals surface area contributed by atoms with Crippen LogP contribution in [0, 0.1) is 0 Å². The Morgan fingerprint density at radius 2 is 1.53 bits per heavy atom. The quantitative estimate of drug-likeness (QED) is 0.444. The van der Waals surface area contributed by atoms with Gasteiger partial charge in [0.1, 0.15) is 11.5 Å². The van der Waals surface area contributed by atoms with E-state index in [0.717, 1.165) is 25.0 Å². The van der Waals surface area contributed by atoms with E-state index >= 15 is 0 Å². The largest absolute Gasteiger partial charge is 0.494 e. The Morgan fingerprint density at radius 3 is 2.20 bits per heavy atom. The molecule has 0 aliphatic heterocycles. The van der Waals surface area contributed by atoms with Crippen LogP contribution in [0.15, 0.2) is 78.9 Å². The predicted octanol–water partition coefficient (Wildman–Crippen LogP) is 5.67. The second-order valence-electron chi connectivity index (χ2n) is 7.21.